The van der Waals surface area contributed by atoms with Crippen molar-refractivity contribution in [1.82, 2.24) is 0 Å². The monoisotopic (exact) mass is 242 g/mol. The molecule has 7 heteroatoms. The summed E-state index contributed by atoms with van der Waals surface area (Å²) in [5, 5.41) is 38.3. The van der Waals surface area contributed by atoms with Gasteiger partial charge in [-0.2, -0.15) is 0 Å². The van der Waals surface area contributed by atoms with Crippen molar-refractivity contribution in [2.24, 2.45) is 0 Å². The highest BCUT2D eigenvalue weighted by molar-refractivity contribution is 5.17. The molecule has 0 aliphatic carbocycles. The van der Waals surface area contributed by atoms with E-state index < -0.39 is 23.5 Å². The lowest BCUT2D eigenvalue weighted by molar-refractivity contribution is -0.456. The number of allylic oxidation sites excluding steroid dienone is 4. The Morgan fingerprint density at radius 3 is 1.65 bits per heavy atom. The average molecular weight is 242 g/mol. The van der Waals surface area contributed by atoms with E-state index in [9.17, 15) is 20.4 Å². The Labute approximate surface area is 95.8 Å². The Bertz CT molecular complexity index is 396. The van der Waals surface area contributed by atoms with Gasteiger partial charge in [0.1, 0.15) is 0 Å². The van der Waals surface area contributed by atoms with E-state index in [2.05, 4.69) is 14.2 Å². The maximum absolute atomic E-state index is 9.76. The van der Waals surface area contributed by atoms with Crippen LogP contribution in [0.1, 0.15) is 0 Å². The molecular weight excluding hydrogens is 232 g/mol. The highest BCUT2D eigenvalue weighted by atomic mass is 16.9. The minimum Gasteiger partial charge on any atom is -0.504 e. The Kier molecular flexibility index (Phi) is 2.58. The summed E-state index contributed by atoms with van der Waals surface area (Å²) < 4.78 is 13.9. The van der Waals surface area contributed by atoms with Crippen LogP contribution in [0.4, 0.5) is 0 Å². The molecule has 4 N–H and O–H groups in total. The molecule has 2 atom stereocenters. The summed E-state index contributed by atoms with van der Waals surface area (Å²) in [6.45, 7) is 0. The van der Waals surface area contributed by atoms with Crippen molar-refractivity contribution in [2.75, 3.05) is 0 Å². The molecule has 0 aromatic heterocycles. The molecule has 0 bridgehead atoms. The maximum Gasteiger partial charge on any atom is 0.392 e. The van der Waals surface area contributed by atoms with Gasteiger partial charge in [0.2, 0.25) is 0 Å². The van der Waals surface area contributed by atoms with Crippen LogP contribution in [0.15, 0.2) is 48.3 Å². The number of aliphatic hydroxyl groups excluding tert-OH is 2. The molecule has 0 saturated heterocycles. The second-order valence-corrected chi connectivity index (χ2v) is 3.26. The van der Waals surface area contributed by atoms with Crippen LogP contribution in [0.5, 0.6) is 0 Å². The fraction of sp³-hybridized carbons (Fsp3) is 0.200. The number of hydrogen-bond donors (Lipinski definition) is 4. The first-order chi connectivity index (χ1) is 7.96. The van der Waals surface area contributed by atoms with Crippen LogP contribution in [0.3, 0.4) is 0 Å². The van der Waals surface area contributed by atoms with Gasteiger partial charge < -0.3 is 29.9 Å². The molecule has 2 aliphatic rings. The largest absolute Gasteiger partial charge is 0.504 e. The van der Waals surface area contributed by atoms with Gasteiger partial charge in [0.15, 0.2) is 11.5 Å². The van der Waals surface area contributed by atoms with Crippen molar-refractivity contribution in [3.63, 3.8) is 0 Å². The first-order valence-electron chi connectivity index (χ1n) is 4.59. The van der Waals surface area contributed by atoms with Gasteiger partial charge in [-0.05, 0) is 24.3 Å². The summed E-state index contributed by atoms with van der Waals surface area (Å²) in [4.78, 5) is 0. The molecule has 0 aromatic rings. The fourth-order valence-corrected chi connectivity index (χ4v) is 1.20. The lowest BCUT2D eigenvalue weighted by Gasteiger charge is -2.35. The van der Waals surface area contributed by atoms with E-state index in [1.807, 2.05) is 0 Å². The first kappa shape index (κ1) is 11.5. The summed E-state index contributed by atoms with van der Waals surface area (Å²) in [6, 6.07) is 0. The summed E-state index contributed by atoms with van der Waals surface area (Å²) >= 11 is 0. The van der Waals surface area contributed by atoms with Crippen LogP contribution in [0.25, 0.3) is 0 Å². The van der Waals surface area contributed by atoms with Gasteiger partial charge in [-0.3, -0.25) is 0 Å². The summed E-state index contributed by atoms with van der Waals surface area (Å²) in [6.07, 6.45) is 6.84. The normalized spacial score (nSPS) is 35.6. The van der Waals surface area contributed by atoms with E-state index in [0.29, 0.717) is 0 Å². The topological polar surface area (TPSA) is 109 Å². The van der Waals surface area contributed by atoms with E-state index >= 15 is 0 Å². The summed E-state index contributed by atoms with van der Waals surface area (Å²) in [5.74, 6) is -6.70. The second kappa shape index (κ2) is 3.81. The summed E-state index contributed by atoms with van der Waals surface area (Å²) in [5.41, 5.74) is 0. The van der Waals surface area contributed by atoms with Crippen molar-refractivity contribution < 1.29 is 34.6 Å². The SMILES string of the molecule is OC1=CC=COC1(O)OC1(O)OC=CC=C1O. The van der Waals surface area contributed by atoms with Crippen LogP contribution >= 0.6 is 0 Å². The van der Waals surface area contributed by atoms with Crippen LogP contribution in [0, 0.1) is 0 Å². The van der Waals surface area contributed by atoms with E-state index in [1.165, 1.54) is 12.2 Å². The molecule has 0 radical (unpaired) electrons. The third-order valence-electron chi connectivity index (χ3n) is 2.04. The molecule has 2 rings (SSSR count). The molecule has 2 aliphatic heterocycles. The molecule has 0 saturated carbocycles. The molecule has 0 aromatic carbocycles. The Balaban J connectivity index is 2.21. The van der Waals surface area contributed by atoms with Crippen LogP contribution in [0.2, 0.25) is 0 Å². The molecule has 7 nitrogen and oxygen atoms in total. The van der Waals surface area contributed by atoms with Crippen LogP contribution in [-0.4, -0.2) is 32.4 Å². The lowest BCUT2D eigenvalue weighted by atomic mass is 10.3. The van der Waals surface area contributed by atoms with E-state index in [4.69, 9.17) is 0 Å². The predicted octanol–water partition coefficient (Wildman–Crippen LogP) is 0.267. The minimum atomic E-state index is -2.64. The van der Waals surface area contributed by atoms with Gasteiger partial charge in [0.05, 0.1) is 12.5 Å². The molecule has 92 valence electrons. The van der Waals surface area contributed by atoms with Crippen molar-refractivity contribution in [1.29, 1.82) is 0 Å². The van der Waals surface area contributed by atoms with Crippen molar-refractivity contribution >= 4 is 0 Å². The zero-order chi connectivity index (χ0) is 12.5. The average Bonchev–Trinajstić information content (AvgIpc) is 2.27. The second-order valence-electron chi connectivity index (χ2n) is 3.26. The van der Waals surface area contributed by atoms with Crippen LogP contribution < -0.4 is 0 Å². The van der Waals surface area contributed by atoms with Crippen molar-refractivity contribution in [3.05, 3.63) is 48.3 Å². The summed E-state index contributed by atoms with van der Waals surface area (Å²) in [7, 11) is 0. The lowest BCUT2D eigenvalue weighted by Crippen LogP contribution is -2.50. The zero-order valence-corrected chi connectivity index (χ0v) is 8.48. The number of aliphatic hydroxyl groups is 4. The van der Waals surface area contributed by atoms with Gasteiger partial charge in [0, 0.05) is 0 Å². The van der Waals surface area contributed by atoms with Crippen molar-refractivity contribution in [3.8, 4) is 0 Å². The number of ether oxygens (including phenoxy) is 3. The molecule has 0 spiro atoms. The van der Waals surface area contributed by atoms with Gasteiger partial charge in [-0.1, -0.05) is 0 Å². The smallest absolute Gasteiger partial charge is 0.392 e. The molecular formula is C10H10O7. The van der Waals surface area contributed by atoms with Gasteiger partial charge in [0.25, 0.3) is 0 Å². The first-order valence-corrected chi connectivity index (χ1v) is 4.59. The minimum absolute atomic E-state index is 0.709. The quantitative estimate of drug-likeness (QED) is 0.514. The molecule has 0 fully saturated rings. The van der Waals surface area contributed by atoms with E-state index in [0.717, 1.165) is 24.7 Å². The highest BCUT2D eigenvalue weighted by Gasteiger charge is 2.50. The predicted molar refractivity (Wildman–Crippen MR) is 52.9 cm³/mol. The van der Waals surface area contributed by atoms with E-state index in [-0.39, 0.29) is 0 Å². The van der Waals surface area contributed by atoms with Gasteiger partial charge >= 0.3 is 11.9 Å². The number of rotatable bonds is 2. The highest BCUT2D eigenvalue weighted by Crippen LogP contribution is 2.32. The van der Waals surface area contributed by atoms with Gasteiger partial charge in [-0.25, -0.2) is 4.74 Å². The third-order valence-corrected chi connectivity index (χ3v) is 2.04. The zero-order valence-electron chi connectivity index (χ0n) is 8.48. The van der Waals surface area contributed by atoms with Crippen molar-refractivity contribution in [2.45, 2.75) is 11.9 Å². The fourth-order valence-electron chi connectivity index (χ4n) is 1.20. The van der Waals surface area contributed by atoms with Gasteiger partial charge in [-0.15, -0.1) is 0 Å². The maximum atomic E-state index is 9.76. The Morgan fingerprint density at radius 2 is 1.29 bits per heavy atom. The molecule has 0 amide bonds. The molecule has 2 unspecified atom stereocenters. The standard InChI is InChI=1S/C10H10O7/c11-7-3-1-5-15-9(7,13)17-10(14)8(12)4-2-6-16-10/h1-6,11-14H. The molecule has 2 heterocycles. The third kappa shape index (κ3) is 1.98. The van der Waals surface area contributed by atoms with Crippen LogP contribution in [-0.2, 0) is 14.2 Å². The Hall–Kier alpha value is -1.96. The molecule has 17 heavy (non-hydrogen) atoms. The number of hydrogen-bond acceptors (Lipinski definition) is 7. The van der Waals surface area contributed by atoms with E-state index in [1.54, 1.807) is 0 Å². The Morgan fingerprint density at radius 1 is 0.882 bits per heavy atom.